The average Bonchev–Trinajstić information content (AvgIpc) is 1.85. The van der Waals surface area contributed by atoms with Crippen LogP contribution < -0.4 is 0 Å². The number of alkyl halides is 3. The molecular formula is C9H17F3. The lowest BCUT2D eigenvalue weighted by atomic mass is 9.93. The van der Waals surface area contributed by atoms with Gasteiger partial charge < -0.3 is 0 Å². The Morgan fingerprint density at radius 1 is 1.17 bits per heavy atom. The van der Waals surface area contributed by atoms with Crippen LogP contribution in [-0.2, 0) is 0 Å². The topological polar surface area (TPSA) is 0 Å². The summed E-state index contributed by atoms with van der Waals surface area (Å²) in [6.07, 6.45) is -1.90. The van der Waals surface area contributed by atoms with Gasteiger partial charge in [-0.3, -0.25) is 0 Å². The van der Waals surface area contributed by atoms with Crippen LogP contribution in [0.1, 0.15) is 40.0 Å². The van der Waals surface area contributed by atoms with Crippen molar-refractivity contribution in [2.45, 2.75) is 46.2 Å². The van der Waals surface area contributed by atoms with Crippen molar-refractivity contribution in [3.63, 3.8) is 0 Å². The minimum atomic E-state index is -4.01. The largest absolute Gasteiger partial charge is 0.391 e. The molecule has 2 atom stereocenters. The second kappa shape index (κ2) is 4.73. The van der Waals surface area contributed by atoms with E-state index >= 15 is 0 Å². The fourth-order valence-electron chi connectivity index (χ4n) is 1.35. The molecule has 0 unspecified atom stereocenters. The van der Waals surface area contributed by atoms with Crippen LogP contribution in [0.4, 0.5) is 13.2 Å². The summed E-state index contributed by atoms with van der Waals surface area (Å²) in [4.78, 5) is 0. The van der Waals surface area contributed by atoms with Crippen LogP contribution >= 0.6 is 0 Å². The van der Waals surface area contributed by atoms with Gasteiger partial charge in [0.1, 0.15) is 0 Å². The Bertz CT molecular complexity index is 117. The Kier molecular flexibility index (Phi) is 4.64. The number of hydrogen-bond donors (Lipinski definition) is 0. The van der Waals surface area contributed by atoms with E-state index in [1.54, 1.807) is 0 Å². The van der Waals surface area contributed by atoms with Gasteiger partial charge in [0, 0.05) is 0 Å². The first-order valence-electron chi connectivity index (χ1n) is 4.44. The molecule has 0 nitrogen and oxygen atoms in total. The Morgan fingerprint density at radius 2 is 1.67 bits per heavy atom. The summed E-state index contributed by atoms with van der Waals surface area (Å²) in [5, 5.41) is 0. The minimum absolute atomic E-state index is 0.187. The molecule has 0 amide bonds. The normalized spacial score (nSPS) is 17.5. The summed E-state index contributed by atoms with van der Waals surface area (Å²) in [7, 11) is 0. The molecule has 12 heavy (non-hydrogen) atoms. The van der Waals surface area contributed by atoms with Gasteiger partial charge in [0.2, 0.25) is 0 Å². The van der Waals surface area contributed by atoms with Gasteiger partial charge in [0.15, 0.2) is 0 Å². The summed E-state index contributed by atoms with van der Waals surface area (Å²) < 4.78 is 36.1. The van der Waals surface area contributed by atoms with Crippen molar-refractivity contribution in [2.24, 2.45) is 11.8 Å². The third kappa shape index (κ3) is 4.62. The van der Waals surface area contributed by atoms with Gasteiger partial charge in [-0.05, 0) is 12.3 Å². The Balaban J connectivity index is 3.76. The maximum Gasteiger partial charge on any atom is 0.391 e. The smallest absolute Gasteiger partial charge is 0.171 e. The van der Waals surface area contributed by atoms with Gasteiger partial charge in [-0.1, -0.05) is 33.6 Å². The first-order valence-corrected chi connectivity index (χ1v) is 4.44. The van der Waals surface area contributed by atoms with Gasteiger partial charge in [0.05, 0.1) is 5.92 Å². The summed E-state index contributed by atoms with van der Waals surface area (Å²) in [5.41, 5.74) is 0. The molecule has 0 aromatic heterocycles. The highest BCUT2D eigenvalue weighted by atomic mass is 19.4. The van der Waals surface area contributed by atoms with Crippen LogP contribution in [0.2, 0.25) is 0 Å². The third-order valence-electron chi connectivity index (χ3n) is 2.10. The second-order valence-electron chi connectivity index (χ2n) is 3.57. The Labute approximate surface area is 72.2 Å². The Hall–Kier alpha value is -0.210. The van der Waals surface area contributed by atoms with Crippen LogP contribution in [0.5, 0.6) is 0 Å². The van der Waals surface area contributed by atoms with Crippen LogP contribution in [0.15, 0.2) is 0 Å². The highest BCUT2D eigenvalue weighted by Gasteiger charge is 2.36. The number of hydrogen-bond acceptors (Lipinski definition) is 0. The molecule has 0 aromatic carbocycles. The van der Waals surface area contributed by atoms with E-state index in [9.17, 15) is 13.2 Å². The molecule has 0 heterocycles. The van der Waals surface area contributed by atoms with Crippen LogP contribution in [0.25, 0.3) is 0 Å². The van der Waals surface area contributed by atoms with Crippen LogP contribution in [0, 0.1) is 11.8 Å². The van der Waals surface area contributed by atoms with Gasteiger partial charge in [0.25, 0.3) is 0 Å². The monoisotopic (exact) mass is 182 g/mol. The van der Waals surface area contributed by atoms with E-state index in [0.717, 1.165) is 12.8 Å². The maximum absolute atomic E-state index is 12.0. The van der Waals surface area contributed by atoms with Crippen molar-refractivity contribution in [1.82, 2.24) is 0 Å². The maximum atomic E-state index is 12.0. The predicted octanol–water partition coefficient (Wildman–Crippen LogP) is 4.01. The average molecular weight is 182 g/mol. The van der Waals surface area contributed by atoms with Crippen molar-refractivity contribution in [3.05, 3.63) is 0 Å². The molecule has 0 aromatic rings. The number of rotatable bonds is 4. The van der Waals surface area contributed by atoms with Crippen molar-refractivity contribution < 1.29 is 13.2 Å². The van der Waals surface area contributed by atoms with Crippen molar-refractivity contribution in [2.75, 3.05) is 0 Å². The zero-order chi connectivity index (χ0) is 9.78. The molecule has 0 saturated carbocycles. The van der Waals surface area contributed by atoms with Crippen LogP contribution in [-0.4, -0.2) is 6.18 Å². The van der Waals surface area contributed by atoms with E-state index in [-0.39, 0.29) is 12.3 Å². The fraction of sp³-hybridized carbons (Fsp3) is 1.00. The summed E-state index contributed by atoms with van der Waals surface area (Å²) >= 11 is 0. The molecule has 0 fully saturated rings. The third-order valence-corrected chi connectivity index (χ3v) is 2.10. The van der Waals surface area contributed by atoms with E-state index < -0.39 is 12.1 Å². The summed E-state index contributed by atoms with van der Waals surface area (Å²) in [5.74, 6) is -0.967. The van der Waals surface area contributed by atoms with Crippen molar-refractivity contribution in [3.8, 4) is 0 Å². The molecular weight excluding hydrogens is 165 g/mol. The predicted molar refractivity (Wildman–Crippen MR) is 43.9 cm³/mol. The standard InChI is InChI=1S/C9H17F3/c1-4-5-7(2)6-8(3)9(10,11)12/h7-8H,4-6H2,1-3H3/t7-,8+/m1/s1. The highest BCUT2D eigenvalue weighted by molar-refractivity contribution is 4.65. The molecule has 0 rings (SSSR count). The van der Waals surface area contributed by atoms with Crippen molar-refractivity contribution in [1.29, 1.82) is 0 Å². The molecule has 0 N–H and O–H groups in total. The van der Waals surface area contributed by atoms with E-state index in [2.05, 4.69) is 0 Å². The van der Waals surface area contributed by atoms with E-state index in [1.807, 2.05) is 13.8 Å². The second-order valence-corrected chi connectivity index (χ2v) is 3.57. The molecule has 0 aliphatic rings. The SMILES string of the molecule is CCC[C@@H](C)C[C@H](C)C(F)(F)F. The summed E-state index contributed by atoms with van der Waals surface area (Å²) in [6.45, 7) is 5.13. The fourth-order valence-corrected chi connectivity index (χ4v) is 1.35. The van der Waals surface area contributed by atoms with Gasteiger partial charge in [-0.2, -0.15) is 13.2 Å². The molecule has 0 radical (unpaired) electrons. The van der Waals surface area contributed by atoms with Gasteiger partial charge >= 0.3 is 6.18 Å². The zero-order valence-electron chi connectivity index (χ0n) is 7.91. The molecule has 0 bridgehead atoms. The molecule has 0 aliphatic heterocycles. The number of halogens is 3. The lowest BCUT2D eigenvalue weighted by Gasteiger charge is -2.19. The zero-order valence-corrected chi connectivity index (χ0v) is 7.91. The molecule has 0 spiro atoms. The van der Waals surface area contributed by atoms with Gasteiger partial charge in [-0.15, -0.1) is 0 Å². The highest BCUT2D eigenvalue weighted by Crippen LogP contribution is 2.31. The molecule has 0 aliphatic carbocycles. The summed E-state index contributed by atoms with van der Waals surface area (Å²) in [6, 6.07) is 0. The Morgan fingerprint density at radius 3 is 2.00 bits per heavy atom. The lowest BCUT2D eigenvalue weighted by molar-refractivity contribution is -0.173. The minimum Gasteiger partial charge on any atom is -0.171 e. The van der Waals surface area contributed by atoms with Crippen molar-refractivity contribution >= 4 is 0 Å². The van der Waals surface area contributed by atoms with E-state index in [4.69, 9.17) is 0 Å². The molecule has 3 heteroatoms. The first-order chi connectivity index (χ1) is 5.38. The molecule has 0 saturated heterocycles. The van der Waals surface area contributed by atoms with Gasteiger partial charge in [-0.25, -0.2) is 0 Å². The van der Waals surface area contributed by atoms with E-state index in [1.165, 1.54) is 6.92 Å². The molecule has 74 valence electrons. The van der Waals surface area contributed by atoms with Crippen LogP contribution in [0.3, 0.4) is 0 Å². The van der Waals surface area contributed by atoms with E-state index in [0.29, 0.717) is 0 Å². The lowest BCUT2D eigenvalue weighted by Crippen LogP contribution is -2.21. The quantitative estimate of drug-likeness (QED) is 0.616. The first kappa shape index (κ1) is 11.8.